The molecule has 0 spiro atoms. The molecular weight excluding hydrogens is 432 g/mol. The van der Waals surface area contributed by atoms with Crippen molar-refractivity contribution >= 4 is 23.3 Å². The van der Waals surface area contributed by atoms with E-state index < -0.39 is 16.8 Å². The third-order valence-electron chi connectivity index (χ3n) is 4.67. The molecule has 0 N–H and O–H groups in total. The minimum atomic E-state index is -4.36. The monoisotopic (exact) mass is 448 g/mol. The summed E-state index contributed by atoms with van der Waals surface area (Å²) in [5.74, 6) is 0.0584. The predicted molar refractivity (Wildman–Crippen MR) is 112 cm³/mol. The molecule has 31 heavy (non-hydrogen) atoms. The van der Waals surface area contributed by atoms with Crippen LogP contribution in [-0.2, 0) is 6.54 Å². The van der Waals surface area contributed by atoms with E-state index in [4.69, 9.17) is 0 Å². The first-order chi connectivity index (χ1) is 14.8. The average molecular weight is 448 g/mol. The van der Waals surface area contributed by atoms with Crippen LogP contribution in [0.5, 0.6) is 0 Å². The Kier molecular flexibility index (Phi) is 5.81. The highest BCUT2D eigenvalue weighted by molar-refractivity contribution is 8.03. The third-order valence-corrected chi connectivity index (χ3v) is 5.86. The second-order valence-corrected chi connectivity index (χ2v) is 7.86. The Hall–Kier alpha value is -3.14. The van der Waals surface area contributed by atoms with Gasteiger partial charge in [-0.3, -0.25) is 4.57 Å². The lowest BCUT2D eigenvalue weighted by Crippen LogP contribution is -2.30. The number of anilines is 1. The molecule has 2 aliphatic heterocycles. The quantitative estimate of drug-likeness (QED) is 0.653. The van der Waals surface area contributed by atoms with Gasteiger partial charge in [-0.05, 0) is 41.0 Å². The first-order valence-electron chi connectivity index (χ1n) is 9.24. The number of benzene rings is 1. The van der Waals surface area contributed by atoms with Crippen LogP contribution in [0.25, 0.3) is 5.57 Å². The van der Waals surface area contributed by atoms with E-state index in [0.717, 1.165) is 17.2 Å². The average Bonchev–Trinajstić information content (AvgIpc) is 2.76. The van der Waals surface area contributed by atoms with Gasteiger partial charge in [-0.2, -0.15) is 18.2 Å². The molecule has 0 aliphatic carbocycles. The molecule has 0 unspecified atom stereocenters. The Morgan fingerprint density at radius 2 is 1.90 bits per heavy atom. The summed E-state index contributed by atoms with van der Waals surface area (Å²) in [4.78, 5) is 21.6. The van der Waals surface area contributed by atoms with E-state index in [-0.39, 0.29) is 24.1 Å². The van der Waals surface area contributed by atoms with Gasteiger partial charge in [-0.15, -0.1) is 11.8 Å². The molecule has 4 rings (SSSR count). The summed E-state index contributed by atoms with van der Waals surface area (Å²) >= 11 is 0.695. The Labute approximate surface area is 179 Å². The van der Waals surface area contributed by atoms with Crippen LogP contribution in [0.4, 0.5) is 23.5 Å². The SMILES string of the molecule is O=c1nc(N2C=CC(c3ccc(F)cc3)=CC2)ncn1CC1=CC=C(C(F)(F)F)SC1. The number of allylic oxidation sites excluding steroid dienone is 5. The van der Waals surface area contributed by atoms with Crippen molar-refractivity contribution in [1.29, 1.82) is 0 Å². The Morgan fingerprint density at radius 1 is 1.13 bits per heavy atom. The molecule has 0 bridgehead atoms. The molecule has 0 atom stereocenters. The summed E-state index contributed by atoms with van der Waals surface area (Å²) in [6, 6.07) is 6.14. The van der Waals surface area contributed by atoms with Gasteiger partial charge in [-0.25, -0.2) is 14.2 Å². The van der Waals surface area contributed by atoms with Gasteiger partial charge < -0.3 is 4.90 Å². The molecule has 0 saturated carbocycles. The van der Waals surface area contributed by atoms with Gasteiger partial charge in [-0.1, -0.05) is 24.3 Å². The minimum absolute atomic E-state index is 0.123. The summed E-state index contributed by atoms with van der Waals surface area (Å²) < 4.78 is 52.4. The van der Waals surface area contributed by atoms with Crippen LogP contribution >= 0.6 is 11.8 Å². The van der Waals surface area contributed by atoms with Gasteiger partial charge in [0, 0.05) is 18.5 Å². The number of nitrogens with zero attached hydrogens (tertiary/aromatic N) is 4. The molecule has 5 nitrogen and oxygen atoms in total. The van der Waals surface area contributed by atoms with E-state index in [0.29, 0.717) is 23.9 Å². The fraction of sp³-hybridized carbons (Fsp3) is 0.190. The number of alkyl halides is 3. The maximum absolute atomic E-state index is 13.1. The number of halogens is 4. The Balaban J connectivity index is 1.44. The minimum Gasteiger partial charge on any atom is -0.313 e. The van der Waals surface area contributed by atoms with E-state index in [2.05, 4.69) is 9.97 Å². The topological polar surface area (TPSA) is 51.0 Å². The van der Waals surface area contributed by atoms with Crippen molar-refractivity contribution in [2.24, 2.45) is 0 Å². The fourth-order valence-electron chi connectivity index (χ4n) is 3.05. The molecule has 3 heterocycles. The van der Waals surface area contributed by atoms with Gasteiger partial charge >= 0.3 is 11.9 Å². The molecule has 1 aromatic carbocycles. The summed E-state index contributed by atoms with van der Waals surface area (Å²) in [6.07, 6.45) is 4.86. The normalized spacial score (nSPS) is 16.6. The molecule has 10 heteroatoms. The van der Waals surface area contributed by atoms with Gasteiger partial charge in [0.1, 0.15) is 12.1 Å². The van der Waals surface area contributed by atoms with Gasteiger partial charge in [0.25, 0.3) is 0 Å². The highest BCUT2D eigenvalue weighted by Crippen LogP contribution is 2.37. The summed E-state index contributed by atoms with van der Waals surface area (Å²) in [7, 11) is 0. The maximum atomic E-state index is 13.1. The number of aromatic nitrogens is 3. The lowest BCUT2D eigenvalue weighted by Gasteiger charge is -2.21. The van der Waals surface area contributed by atoms with Crippen molar-refractivity contribution in [2.45, 2.75) is 12.7 Å². The molecule has 2 aliphatic rings. The summed E-state index contributed by atoms with van der Waals surface area (Å²) in [5.41, 5.74) is 1.91. The van der Waals surface area contributed by atoms with Crippen molar-refractivity contribution < 1.29 is 17.6 Å². The second kappa shape index (κ2) is 8.54. The number of hydrogen-bond acceptors (Lipinski definition) is 5. The highest BCUT2D eigenvalue weighted by Gasteiger charge is 2.34. The van der Waals surface area contributed by atoms with Crippen LogP contribution < -0.4 is 10.6 Å². The molecule has 0 amide bonds. The molecule has 0 saturated heterocycles. The number of rotatable bonds is 4. The predicted octanol–water partition coefficient (Wildman–Crippen LogP) is 4.31. The van der Waals surface area contributed by atoms with Crippen molar-refractivity contribution in [2.75, 3.05) is 17.2 Å². The van der Waals surface area contributed by atoms with E-state index in [1.165, 1.54) is 29.1 Å². The van der Waals surface area contributed by atoms with Crippen LogP contribution in [0.3, 0.4) is 0 Å². The van der Waals surface area contributed by atoms with Crippen molar-refractivity contribution in [3.05, 3.63) is 93.4 Å². The van der Waals surface area contributed by atoms with Crippen LogP contribution in [0, 0.1) is 5.82 Å². The van der Waals surface area contributed by atoms with Gasteiger partial charge in [0.15, 0.2) is 0 Å². The lowest BCUT2D eigenvalue weighted by atomic mass is 10.0. The Morgan fingerprint density at radius 3 is 2.48 bits per heavy atom. The van der Waals surface area contributed by atoms with Crippen LogP contribution in [0.2, 0.25) is 0 Å². The largest absolute Gasteiger partial charge is 0.422 e. The van der Waals surface area contributed by atoms with Crippen LogP contribution in [-0.4, -0.2) is 33.0 Å². The number of hydrogen-bond donors (Lipinski definition) is 0. The first kappa shape index (κ1) is 21.1. The smallest absolute Gasteiger partial charge is 0.313 e. The van der Waals surface area contributed by atoms with Crippen LogP contribution in [0.15, 0.2) is 76.4 Å². The maximum Gasteiger partial charge on any atom is 0.422 e. The van der Waals surface area contributed by atoms with Crippen molar-refractivity contribution in [3.63, 3.8) is 0 Å². The van der Waals surface area contributed by atoms with E-state index in [1.807, 2.05) is 12.2 Å². The fourth-order valence-corrected chi connectivity index (χ4v) is 3.91. The second-order valence-electron chi connectivity index (χ2n) is 6.84. The molecule has 0 radical (unpaired) electrons. The zero-order valence-electron chi connectivity index (χ0n) is 16.0. The first-order valence-corrected chi connectivity index (χ1v) is 10.2. The van der Waals surface area contributed by atoms with Crippen molar-refractivity contribution in [1.82, 2.24) is 14.5 Å². The standard InChI is InChI=1S/C21H16F4N4OS/c22-17-4-2-15(3-5-17)16-7-9-28(10-8-16)19-26-13-29(20(30)27-19)11-14-1-6-18(31-12-14)21(23,24)25/h1-9,13H,10-12H2. The number of thioether (sulfide) groups is 1. The lowest BCUT2D eigenvalue weighted by molar-refractivity contribution is -0.0836. The Bertz CT molecular complexity index is 1160. The van der Waals surface area contributed by atoms with Gasteiger partial charge in [0.2, 0.25) is 5.95 Å². The van der Waals surface area contributed by atoms with Crippen LogP contribution in [0.1, 0.15) is 5.56 Å². The van der Waals surface area contributed by atoms with E-state index in [9.17, 15) is 22.4 Å². The molecule has 2 aromatic rings. The van der Waals surface area contributed by atoms with Crippen molar-refractivity contribution in [3.8, 4) is 0 Å². The zero-order valence-corrected chi connectivity index (χ0v) is 16.8. The molecule has 160 valence electrons. The van der Waals surface area contributed by atoms with E-state index in [1.54, 1.807) is 23.2 Å². The van der Waals surface area contributed by atoms with Gasteiger partial charge in [0.05, 0.1) is 11.4 Å². The molecule has 0 fully saturated rings. The third kappa shape index (κ3) is 4.96. The molecule has 1 aromatic heterocycles. The van der Waals surface area contributed by atoms with E-state index >= 15 is 0 Å². The highest BCUT2D eigenvalue weighted by atomic mass is 32.2. The zero-order chi connectivity index (χ0) is 22.0. The summed E-state index contributed by atoms with van der Waals surface area (Å²) in [6.45, 7) is 0.553. The summed E-state index contributed by atoms with van der Waals surface area (Å²) in [5, 5.41) is 0. The molecular formula is C21H16F4N4OS.